The van der Waals surface area contributed by atoms with Gasteiger partial charge < -0.3 is 14.5 Å². The van der Waals surface area contributed by atoms with Gasteiger partial charge in [0.15, 0.2) is 0 Å². The summed E-state index contributed by atoms with van der Waals surface area (Å²) < 4.78 is 5.42. The normalized spacial score (nSPS) is 15.2. The Morgan fingerprint density at radius 1 is 1.13 bits per heavy atom. The maximum absolute atomic E-state index is 12.3. The van der Waals surface area contributed by atoms with Gasteiger partial charge in [0, 0.05) is 37.1 Å². The number of para-hydroxylation sites is 2. The van der Waals surface area contributed by atoms with Crippen LogP contribution >= 0.6 is 11.3 Å². The molecule has 1 aliphatic heterocycles. The Balaban J connectivity index is 1.59. The average Bonchev–Trinajstić information content (AvgIpc) is 3.13. The fourth-order valence-corrected chi connectivity index (χ4v) is 3.32. The van der Waals surface area contributed by atoms with Crippen LogP contribution in [0.1, 0.15) is 4.88 Å². The summed E-state index contributed by atoms with van der Waals surface area (Å²) in [5.41, 5.74) is 1.09. The number of hydrogen-bond acceptors (Lipinski definition) is 4. The fraction of sp³-hybridized carbons (Fsp3) is 0.278. The first-order valence-electron chi connectivity index (χ1n) is 7.66. The number of anilines is 1. The number of piperazine rings is 1. The number of rotatable bonds is 4. The minimum absolute atomic E-state index is 0.0816. The van der Waals surface area contributed by atoms with Gasteiger partial charge in [-0.1, -0.05) is 18.2 Å². The standard InChI is InChI=1S/C18H20N2O2S/c1-22-17-7-3-2-6-16(17)19-10-12-20(13-11-19)18(21)9-8-15-5-4-14-23-15/h2-9,14H,10-13H2,1H3/b9-8+. The van der Waals surface area contributed by atoms with E-state index < -0.39 is 0 Å². The highest BCUT2D eigenvalue weighted by Gasteiger charge is 2.21. The summed E-state index contributed by atoms with van der Waals surface area (Å²) in [4.78, 5) is 17.5. The molecule has 4 nitrogen and oxygen atoms in total. The number of ether oxygens (including phenoxy) is 1. The number of amides is 1. The van der Waals surface area contributed by atoms with Crippen molar-refractivity contribution in [3.05, 3.63) is 52.7 Å². The zero-order valence-electron chi connectivity index (χ0n) is 13.1. The van der Waals surface area contributed by atoms with E-state index in [1.165, 1.54) is 0 Å². The van der Waals surface area contributed by atoms with E-state index in [9.17, 15) is 4.79 Å². The second-order valence-electron chi connectivity index (χ2n) is 5.33. The van der Waals surface area contributed by atoms with E-state index in [1.54, 1.807) is 24.5 Å². The molecule has 0 N–H and O–H groups in total. The van der Waals surface area contributed by atoms with Crippen molar-refractivity contribution in [1.29, 1.82) is 0 Å². The number of carbonyl (C=O) groups excluding carboxylic acids is 1. The molecule has 2 heterocycles. The van der Waals surface area contributed by atoms with Crippen molar-refractivity contribution in [2.75, 3.05) is 38.2 Å². The summed E-state index contributed by atoms with van der Waals surface area (Å²) >= 11 is 1.63. The third-order valence-electron chi connectivity index (χ3n) is 3.95. The lowest BCUT2D eigenvalue weighted by molar-refractivity contribution is -0.126. The van der Waals surface area contributed by atoms with Crippen molar-refractivity contribution in [2.45, 2.75) is 0 Å². The smallest absolute Gasteiger partial charge is 0.246 e. The third-order valence-corrected chi connectivity index (χ3v) is 4.79. The zero-order valence-corrected chi connectivity index (χ0v) is 14.0. The topological polar surface area (TPSA) is 32.8 Å². The maximum atomic E-state index is 12.3. The van der Waals surface area contributed by atoms with Gasteiger partial charge in [-0.2, -0.15) is 0 Å². The van der Waals surface area contributed by atoms with Gasteiger partial charge >= 0.3 is 0 Å². The van der Waals surface area contributed by atoms with Gasteiger partial charge in [-0.05, 0) is 29.7 Å². The molecule has 1 fully saturated rings. The molecule has 23 heavy (non-hydrogen) atoms. The van der Waals surface area contributed by atoms with E-state index in [0.717, 1.165) is 42.5 Å². The highest BCUT2D eigenvalue weighted by molar-refractivity contribution is 7.10. The Kier molecular flexibility index (Phi) is 4.98. The Morgan fingerprint density at radius 2 is 1.91 bits per heavy atom. The van der Waals surface area contributed by atoms with Crippen LogP contribution in [0.4, 0.5) is 5.69 Å². The fourth-order valence-electron chi connectivity index (χ4n) is 2.70. The summed E-state index contributed by atoms with van der Waals surface area (Å²) in [5, 5.41) is 2.01. The van der Waals surface area contributed by atoms with Crippen molar-refractivity contribution < 1.29 is 9.53 Å². The van der Waals surface area contributed by atoms with Crippen molar-refractivity contribution >= 4 is 29.0 Å². The number of hydrogen-bond donors (Lipinski definition) is 0. The average molecular weight is 328 g/mol. The second-order valence-corrected chi connectivity index (χ2v) is 6.31. The molecule has 0 unspecified atom stereocenters. The largest absolute Gasteiger partial charge is 0.495 e. The molecule has 1 aliphatic rings. The molecule has 1 amide bonds. The lowest BCUT2D eigenvalue weighted by Crippen LogP contribution is -2.48. The minimum atomic E-state index is 0.0816. The monoisotopic (exact) mass is 328 g/mol. The van der Waals surface area contributed by atoms with Gasteiger partial charge in [-0.25, -0.2) is 0 Å². The van der Waals surface area contributed by atoms with Gasteiger partial charge in [0.2, 0.25) is 5.91 Å². The number of carbonyl (C=O) groups is 1. The first-order valence-corrected chi connectivity index (χ1v) is 8.54. The summed E-state index contributed by atoms with van der Waals surface area (Å²) in [6.07, 6.45) is 3.56. The molecule has 0 bridgehead atoms. The molecular formula is C18H20N2O2S. The predicted molar refractivity (Wildman–Crippen MR) is 95.1 cm³/mol. The molecular weight excluding hydrogens is 308 g/mol. The molecule has 0 saturated carbocycles. The van der Waals surface area contributed by atoms with E-state index in [-0.39, 0.29) is 5.91 Å². The molecule has 1 aromatic heterocycles. The number of nitrogens with zero attached hydrogens (tertiary/aromatic N) is 2. The molecule has 0 radical (unpaired) electrons. The van der Waals surface area contributed by atoms with Gasteiger partial charge in [0.25, 0.3) is 0 Å². The SMILES string of the molecule is COc1ccccc1N1CCN(C(=O)/C=C/c2cccs2)CC1. The van der Waals surface area contributed by atoms with Crippen LogP contribution in [0.2, 0.25) is 0 Å². The first-order chi connectivity index (χ1) is 11.3. The molecule has 120 valence electrons. The van der Waals surface area contributed by atoms with Crippen LogP contribution in [-0.4, -0.2) is 44.1 Å². The molecule has 1 saturated heterocycles. The Bertz CT molecular complexity index is 674. The molecule has 0 aliphatic carbocycles. The minimum Gasteiger partial charge on any atom is -0.495 e. The van der Waals surface area contributed by atoms with E-state index in [0.29, 0.717) is 0 Å². The summed E-state index contributed by atoms with van der Waals surface area (Å²) in [7, 11) is 1.69. The van der Waals surface area contributed by atoms with Crippen LogP contribution in [-0.2, 0) is 4.79 Å². The van der Waals surface area contributed by atoms with E-state index in [1.807, 2.05) is 46.7 Å². The van der Waals surface area contributed by atoms with Crippen LogP contribution in [0.3, 0.4) is 0 Å². The van der Waals surface area contributed by atoms with Crippen molar-refractivity contribution in [3.63, 3.8) is 0 Å². The predicted octanol–water partition coefficient (Wildman–Crippen LogP) is 3.12. The first kappa shape index (κ1) is 15.6. The van der Waals surface area contributed by atoms with Gasteiger partial charge in [-0.15, -0.1) is 11.3 Å². The van der Waals surface area contributed by atoms with Gasteiger partial charge in [0.1, 0.15) is 5.75 Å². The van der Waals surface area contributed by atoms with E-state index in [2.05, 4.69) is 11.0 Å². The van der Waals surface area contributed by atoms with Crippen molar-refractivity contribution in [1.82, 2.24) is 4.90 Å². The highest BCUT2D eigenvalue weighted by Crippen LogP contribution is 2.28. The van der Waals surface area contributed by atoms with Crippen LogP contribution < -0.4 is 9.64 Å². The van der Waals surface area contributed by atoms with Crippen LogP contribution in [0.15, 0.2) is 47.9 Å². The van der Waals surface area contributed by atoms with Crippen LogP contribution in [0.25, 0.3) is 6.08 Å². The Hall–Kier alpha value is -2.27. The van der Waals surface area contributed by atoms with E-state index >= 15 is 0 Å². The number of thiophene rings is 1. The Labute approximate surface area is 140 Å². The second kappa shape index (κ2) is 7.33. The molecule has 1 aromatic carbocycles. The van der Waals surface area contributed by atoms with Crippen molar-refractivity contribution in [2.24, 2.45) is 0 Å². The molecule has 0 atom stereocenters. The van der Waals surface area contributed by atoms with Gasteiger partial charge in [-0.3, -0.25) is 4.79 Å². The van der Waals surface area contributed by atoms with Crippen molar-refractivity contribution in [3.8, 4) is 5.75 Å². The number of methoxy groups -OCH3 is 1. The maximum Gasteiger partial charge on any atom is 0.246 e. The molecule has 3 rings (SSSR count). The van der Waals surface area contributed by atoms with E-state index in [4.69, 9.17) is 4.74 Å². The Morgan fingerprint density at radius 3 is 2.61 bits per heavy atom. The summed E-state index contributed by atoms with van der Waals surface area (Å²) in [6.45, 7) is 3.09. The van der Waals surface area contributed by atoms with Crippen LogP contribution in [0, 0.1) is 0 Å². The molecule has 2 aromatic rings. The summed E-state index contributed by atoms with van der Waals surface area (Å²) in [5.74, 6) is 0.961. The van der Waals surface area contributed by atoms with Gasteiger partial charge in [0.05, 0.1) is 12.8 Å². The lowest BCUT2D eigenvalue weighted by atomic mass is 10.2. The zero-order chi connectivity index (χ0) is 16.1. The lowest BCUT2D eigenvalue weighted by Gasteiger charge is -2.36. The summed E-state index contributed by atoms with van der Waals surface area (Å²) in [6, 6.07) is 12.0. The number of benzene rings is 1. The molecule has 0 spiro atoms. The molecule has 5 heteroatoms. The van der Waals surface area contributed by atoms with Crippen LogP contribution in [0.5, 0.6) is 5.75 Å². The third kappa shape index (κ3) is 3.74. The highest BCUT2D eigenvalue weighted by atomic mass is 32.1. The quantitative estimate of drug-likeness (QED) is 0.809.